The number of rotatable bonds is 12. The van der Waals surface area contributed by atoms with E-state index >= 15 is 0 Å². The van der Waals surface area contributed by atoms with E-state index in [1.807, 2.05) is 37.3 Å². The summed E-state index contributed by atoms with van der Waals surface area (Å²) in [6.45, 7) is 3.77. The van der Waals surface area contributed by atoms with E-state index in [-0.39, 0.29) is 30.6 Å². The van der Waals surface area contributed by atoms with E-state index in [0.717, 1.165) is 36.4 Å². The Balaban J connectivity index is 0.00000512. The van der Waals surface area contributed by atoms with Crippen LogP contribution in [-0.2, 0) is 17.8 Å². The molecule has 0 heterocycles. The molecule has 8 nitrogen and oxygen atoms in total. The normalized spacial score (nSPS) is 10.7. The first-order chi connectivity index (χ1) is 15.0. The summed E-state index contributed by atoms with van der Waals surface area (Å²) in [4.78, 5) is 15.1. The lowest BCUT2D eigenvalue weighted by Crippen LogP contribution is -2.37. The second-order valence-corrected chi connectivity index (χ2v) is 6.78. The second-order valence-electron chi connectivity index (χ2n) is 6.78. The highest BCUT2D eigenvalue weighted by atomic mass is 127. The number of primary amides is 1. The number of nitrogens with one attached hydrogen (secondary N) is 2. The third-order valence-corrected chi connectivity index (χ3v) is 4.43. The molecule has 0 aliphatic carbocycles. The summed E-state index contributed by atoms with van der Waals surface area (Å²) in [5, 5.41) is 6.59. The van der Waals surface area contributed by atoms with Crippen LogP contribution in [0.1, 0.15) is 24.5 Å². The molecule has 0 saturated carbocycles. The van der Waals surface area contributed by atoms with Gasteiger partial charge in [-0.25, -0.2) is 0 Å². The van der Waals surface area contributed by atoms with Gasteiger partial charge in [0.05, 0.1) is 13.7 Å². The van der Waals surface area contributed by atoms with Crippen LogP contribution in [-0.4, -0.2) is 45.8 Å². The molecule has 2 aromatic rings. The molecule has 0 bridgehead atoms. The number of amides is 1. The van der Waals surface area contributed by atoms with Crippen molar-refractivity contribution in [2.45, 2.75) is 26.3 Å². The first-order valence-electron chi connectivity index (χ1n) is 10.3. The van der Waals surface area contributed by atoms with Crippen LogP contribution in [0.15, 0.2) is 47.5 Å². The molecular formula is C23H33IN4O4. The van der Waals surface area contributed by atoms with Crippen molar-refractivity contribution < 1.29 is 19.0 Å². The number of nitrogens with two attached hydrogens (primary N) is 1. The molecule has 32 heavy (non-hydrogen) atoms. The molecule has 0 unspecified atom stereocenters. The molecule has 2 rings (SSSR count). The standard InChI is InChI=1S/C23H32N4O4.HI/c1-4-30-21-14-17(10-11-20(21)29-3)8-6-12-26-23(25-2)27-15-18-7-5-9-19(13-18)31-16-22(24)28;/h5,7,9-11,13-14H,4,6,8,12,15-16H2,1-3H3,(H2,24,28)(H2,25,26,27);1H. The number of benzene rings is 2. The summed E-state index contributed by atoms with van der Waals surface area (Å²) >= 11 is 0. The van der Waals surface area contributed by atoms with Crippen molar-refractivity contribution in [1.29, 1.82) is 0 Å². The number of hydrogen-bond donors (Lipinski definition) is 3. The van der Waals surface area contributed by atoms with Gasteiger partial charge in [-0.1, -0.05) is 18.2 Å². The fraction of sp³-hybridized carbons (Fsp3) is 0.391. The van der Waals surface area contributed by atoms with Gasteiger partial charge in [0.15, 0.2) is 24.1 Å². The van der Waals surface area contributed by atoms with Crippen LogP contribution in [0.2, 0.25) is 0 Å². The molecule has 0 aromatic heterocycles. The molecule has 4 N–H and O–H groups in total. The fourth-order valence-corrected chi connectivity index (χ4v) is 2.95. The fourth-order valence-electron chi connectivity index (χ4n) is 2.95. The van der Waals surface area contributed by atoms with E-state index in [4.69, 9.17) is 19.9 Å². The largest absolute Gasteiger partial charge is 0.493 e. The summed E-state index contributed by atoms with van der Waals surface area (Å²) in [5.74, 6) is 2.34. The Morgan fingerprint density at radius 2 is 1.88 bits per heavy atom. The third kappa shape index (κ3) is 9.63. The maximum Gasteiger partial charge on any atom is 0.255 e. The van der Waals surface area contributed by atoms with Gasteiger partial charge in [0.25, 0.3) is 5.91 Å². The molecule has 0 radical (unpaired) electrons. The molecule has 2 aromatic carbocycles. The lowest BCUT2D eigenvalue weighted by atomic mass is 10.1. The van der Waals surface area contributed by atoms with E-state index < -0.39 is 5.91 Å². The summed E-state index contributed by atoms with van der Waals surface area (Å²) in [7, 11) is 3.38. The second kappa shape index (κ2) is 15.2. The number of ether oxygens (including phenoxy) is 3. The Morgan fingerprint density at radius 1 is 1.06 bits per heavy atom. The van der Waals surface area contributed by atoms with Crippen molar-refractivity contribution >= 4 is 35.8 Å². The van der Waals surface area contributed by atoms with E-state index in [1.54, 1.807) is 20.2 Å². The van der Waals surface area contributed by atoms with Crippen LogP contribution >= 0.6 is 24.0 Å². The van der Waals surface area contributed by atoms with Crippen LogP contribution in [0.5, 0.6) is 17.2 Å². The smallest absolute Gasteiger partial charge is 0.255 e. The SMILES string of the molecule is CCOc1cc(CCCNC(=NC)NCc2cccc(OCC(N)=O)c2)ccc1OC.I. The van der Waals surface area contributed by atoms with Gasteiger partial charge in [-0.3, -0.25) is 9.79 Å². The zero-order valence-electron chi connectivity index (χ0n) is 18.8. The summed E-state index contributed by atoms with van der Waals surface area (Å²) in [6, 6.07) is 13.5. The molecule has 0 aliphatic rings. The van der Waals surface area contributed by atoms with Crippen molar-refractivity contribution in [3.05, 3.63) is 53.6 Å². The van der Waals surface area contributed by atoms with Gasteiger partial charge < -0.3 is 30.6 Å². The van der Waals surface area contributed by atoms with Crippen molar-refractivity contribution in [2.24, 2.45) is 10.7 Å². The molecule has 0 spiro atoms. The molecule has 0 aliphatic heterocycles. The van der Waals surface area contributed by atoms with Crippen molar-refractivity contribution in [2.75, 3.05) is 33.9 Å². The van der Waals surface area contributed by atoms with Gasteiger partial charge in [0.1, 0.15) is 5.75 Å². The Hall–Kier alpha value is -2.69. The zero-order chi connectivity index (χ0) is 22.5. The minimum Gasteiger partial charge on any atom is -0.493 e. The van der Waals surface area contributed by atoms with E-state index in [9.17, 15) is 4.79 Å². The molecule has 9 heteroatoms. The summed E-state index contributed by atoms with van der Waals surface area (Å²) < 4.78 is 16.3. The average Bonchev–Trinajstić information content (AvgIpc) is 2.78. The van der Waals surface area contributed by atoms with Gasteiger partial charge in [-0.2, -0.15) is 0 Å². The Bertz CT molecular complexity index is 877. The highest BCUT2D eigenvalue weighted by Gasteiger charge is 2.06. The van der Waals surface area contributed by atoms with Gasteiger partial charge in [-0.05, 0) is 55.2 Å². The Kier molecular flexibility index (Phi) is 13.0. The van der Waals surface area contributed by atoms with E-state index in [2.05, 4.69) is 21.7 Å². The van der Waals surface area contributed by atoms with E-state index in [1.165, 1.54) is 5.56 Å². The molecule has 176 valence electrons. The number of methoxy groups -OCH3 is 1. The van der Waals surface area contributed by atoms with Gasteiger partial charge in [-0.15, -0.1) is 24.0 Å². The summed E-state index contributed by atoms with van der Waals surface area (Å²) in [5.41, 5.74) is 7.31. The molecule has 1 amide bonds. The highest BCUT2D eigenvalue weighted by Crippen LogP contribution is 2.28. The zero-order valence-corrected chi connectivity index (χ0v) is 21.2. The van der Waals surface area contributed by atoms with Gasteiger partial charge in [0, 0.05) is 20.1 Å². The monoisotopic (exact) mass is 556 g/mol. The maximum absolute atomic E-state index is 10.9. The first kappa shape index (κ1) is 27.3. The predicted molar refractivity (Wildman–Crippen MR) is 137 cm³/mol. The molecule has 0 saturated heterocycles. The topological polar surface area (TPSA) is 107 Å². The van der Waals surface area contributed by atoms with Crippen LogP contribution in [0.4, 0.5) is 0 Å². The van der Waals surface area contributed by atoms with Crippen LogP contribution in [0.25, 0.3) is 0 Å². The lowest BCUT2D eigenvalue weighted by molar-refractivity contribution is -0.119. The van der Waals surface area contributed by atoms with Crippen LogP contribution in [0, 0.1) is 0 Å². The molecule has 0 fully saturated rings. The van der Waals surface area contributed by atoms with Crippen LogP contribution in [0.3, 0.4) is 0 Å². The van der Waals surface area contributed by atoms with Crippen LogP contribution < -0.4 is 30.6 Å². The number of carbonyl (C=O) groups is 1. The lowest BCUT2D eigenvalue weighted by Gasteiger charge is -2.13. The quantitative estimate of drug-likeness (QED) is 0.161. The minimum absolute atomic E-state index is 0. The van der Waals surface area contributed by atoms with Gasteiger partial charge >= 0.3 is 0 Å². The molecule has 0 atom stereocenters. The van der Waals surface area contributed by atoms with Crippen molar-refractivity contribution in [1.82, 2.24) is 10.6 Å². The highest BCUT2D eigenvalue weighted by molar-refractivity contribution is 14.0. The first-order valence-corrected chi connectivity index (χ1v) is 10.3. The third-order valence-electron chi connectivity index (χ3n) is 4.43. The predicted octanol–water partition coefficient (Wildman–Crippen LogP) is 2.87. The number of hydrogen-bond acceptors (Lipinski definition) is 5. The number of nitrogens with zero attached hydrogens (tertiary/aromatic N) is 1. The minimum atomic E-state index is -0.503. The van der Waals surface area contributed by atoms with Gasteiger partial charge in [0.2, 0.25) is 0 Å². The Labute approximate surface area is 206 Å². The van der Waals surface area contributed by atoms with Crippen molar-refractivity contribution in [3.63, 3.8) is 0 Å². The number of guanidine groups is 1. The number of halogens is 1. The number of aliphatic imine (C=N–C) groups is 1. The van der Waals surface area contributed by atoms with E-state index in [0.29, 0.717) is 24.9 Å². The average molecular weight is 556 g/mol. The molecular weight excluding hydrogens is 523 g/mol. The number of aryl methyl sites for hydroxylation is 1. The van der Waals surface area contributed by atoms with Crippen molar-refractivity contribution in [3.8, 4) is 17.2 Å². The Morgan fingerprint density at radius 3 is 2.56 bits per heavy atom. The number of carbonyl (C=O) groups excluding carboxylic acids is 1. The summed E-state index contributed by atoms with van der Waals surface area (Å²) in [6.07, 6.45) is 1.85. The maximum atomic E-state index is 10.9.